The molecule has 0 spiro atoms. The largest absolute Gasteiger partial charge is 0.466 e. The molecule has 0 saturated heterocycles. The molecular weight excluding hydrogens is 196 g/mol. The lowest BCUT2D eigenvalue weighted by atomic mass is 10.1. The molecule has 0 aliphatic carbocycles. The van der Waals surface area contributed by atoms with E-state index in [0.717, 1.165) is 5.56 Å². The number of aromatic nitrogens is 4. The van der Waals surface area contributed by atoms with E-state index in [1.54, 1.807) is 13.3 Å². The summed E-state index contributed by atoms with van der Waals surface area (Å²) in [6.45, 7) is 1.88. The zero-order valence-corrected chi connectivity index (χ0v) is 8.58. The fourth-order valence-corrected chi connectivity index (χ4v) is 1.40. The first-order valence-corrected chi connectivity index (χ1v) is 4.61. The molecule has 0 fully saturated rings. The predicted molar refractivity (Wildman–Crippen MR) is 50.9 cm³/mol. The molecule has 0 aliphatic rings. The summed E-state index contributed by atoms with van der Waals surface area (Å²) in [6, 6.07) is 1.81. The minimum atomic E-state index is -0.718. The molecule has 2 rings (SSSR count). The molecule has 15 heavy (non-hydrogen) atoms. The van der Waals surface area contributed by atoms with E-state index in [0.29, 0.717) is 18.0 Å². The van der Waals surface area contributed by atoms with Gasteiger partial charge in [-0.3, -0.25) is 0 Å². The molecule has 0 radical (unpaired) electrons. The van der Waals surface area contributed by atoms with E-state index in [1.165, 1.54) is 4.80 Å². The molecule has 2 aromatic heterocycles. The Morgan fingerprint density at radius 1 is 1.60 bits per heavy atom. The number of furan rings is 1. The van der Waals surface area contributed by atoms with Crippen LogP contribution in [0, 0.1) is 6.92 Å². The maximum atomic E-state index is 9.84. The van der Waals surface area contributed by atoms with Crippen molar-refractivity contribution in [3.8, 4) is 0 Å². The quantitative estimate of drug-likeness (QED) is 0.789. The van der Waals surface area contributed by atoms with Crippen LogP contribution in [0.5, 0.6) is 0 Å². The minimum absolute atomic E-state index is 0.308. The number of aliphatic hydroxyl groups is 1. The Bertz CT molecular complexity index is 448. The first-order valence-electron chi connectivity index (χ1n) is 4.61. The fraction of sp³-hybridized carbons (Fsp3) is 0.444. The van der Waals surface area contributed by atoms with Crippen molar-refractivity contribution in [1.82, 2.24) is 20.2 Å². The monoisotopic (exact) mass is 208 g/mol. The average molecular weight is 208 g/mol. The number of hydrogen-bond donors (Lipinski definition) is 1. The summed E-state index contributed by atoms with van der Waals surface area (Å²) in [6.07, 6.45) is 1.14. The van der Waals surface area contributed by atoms with Crippen molar-refractivity contribution in [2.45, 2.75) is 19.4 Å². The molecule has 1 N–H and O–H groups in total. The summed E-state index contributed by atoms with van der Waals surface area (Å²) in [5.74, 6) is 1.06. The van der Waals surface area contributed by atoms with Crippen LogP contribution in [0.1, 0.15) is 23.3 Å². The highest BCUT2D eigenvalue weighted by molar-refractivity contribution is 5.17. The van der Waals surface area contributed by atoms with Crippen LogP contribution in [-0.4, -0.2) is 25.3 Å². The summed E-state index contributed by atoms with van der Waals surface area (Å²) in [5.41, 5.74) is 0.923. The average Bonchev–Trinajstić information content (AvgIpc) is 2.75. The van der Waals surface area contributed by atoms with Crippen LogP contribution < -0.4 is 0 Å². The van der Waals surface area contributed by atoms with Gasteiger partial charge < -0.3 is 9.52 Å². The highest BCUT2D eigenvalue weighted by atomic mass is 16.4. The van der Waals surface area contributed by atoms with Crippen LogP contribution in [-0.2, 0) is 13.5 Å². The summed E-state index contributed by atoms with van der Waals surface area (Å²) >= 11 is 0. The number of rotatable bonds is 3. The number of hydrogen-bond acceptors (Lipinski definition) is 5. The lowest BCUT2D eigenvalue weighted by Gasteiger charge is -2.05. The molecule has 1 unspecified atom stereocenters. The Hall–Kier alpha value is -1.69. The van der Waals surface area contributed by atoms with Crippen LogP contribution in [0.15, 0.2) is 16.7 Å². The fourth-order valence-electron chi connectivity index (χ4n) is 1.40. The smallest absolute Gasteiger partial charge is 0.177 e. The van der Waals surface area contributed by atoms with Crippen molar-refractivity contribution in [3.05, 3.63) is 29.5 Å². The van der Waals surface area contributed by atoms with E-state index < -0.39 is 6.10 Å². The molecule has 0 saturated carbocycles. The van der Waals surface area contributed by atoms with Crippen LogP contribution >= 0.6 is 0 Å². The number of aryl methyl sites for hydroxylation is 2. The topological polar surface area (TPSA) is 77.0 Å². The Labute approximate surface area is 86.5 Å². The van der Waals surface area contributed by atoms with Crippen LogP contribution in [0.3, 0.4) is 0 Å². The van der Waals surface area contributed by atoms with Crippen molar-refractivity contribution in [2.75, 3.05) is 0 Å². The second-order valence-electron chi connectivity index (χ2n) is 3.38. The summed E-state index contributed by atoms with van der Waals surface area (Å²) in [4.78, 5) is 1.36. The van der Waals surface area contributed by atoms with E-state index >= 15 is 0 Å². The summed E-state index contributed by atoms with van der Waals surface area (Å²) in [5, 5.41) is 21.3. The normalized spacial score (nSPS) is 13.0. The Morgan fingerprint density at radius 2 is 2.40 bits per heavy atom. The Balaban J connectivity index is 2.10. The van der Waals surface area contributed by atoms with Gasteiger partial charge in [0.1, 0.15) is 11.9 Å². The Morgan fingerprint density at radius 3 is 2.93 bits per heavy atom. The molecule has 0 bridgehead atoms. The molecular formula is C9H12N4O2. The minimum Gasteiger partial charge on any atom is -0.466 e. The van der Waals surface area contributed by atoms with Gasteiger partial charge in [-0.05, 0) is 23.8 Å². The van der Waals surface area contributed by atoms with E-state index in [1.807, 2.05) is 13.0 Å². The highest BCUT2D eigenvalue weighted by Gasteiger charge is 2.16. The molecule has 0 aromatic carbocycles. The molecule has 6 nitrogen and oxygen atoms in total. The highest BCUT2D eigenvalue weighted by Crippen LogP contribution is 2.20. The summed E-state index contributed by atoms with van der Waals surface area (Å²) < 4.78 is 5.17. The number of aliphatic hydroxyl groups excluding tert-OH is 1. The summed E-state index contributed by atoms with van der Waals surface area (Å²) in [7, 11) is 1.68. The second kappa shape index (κ2) is 3.82. The molecule has 2 heterocycles. The lowest BCUT2D eigenvalue weighted by molar-refractivity contribution is 0.147. The van der Waals surface area contributed by atoms with Gasteiger partial charge in [0.25, 0.3) is 0 Å². The van der Waals surface area contributed by atoms with Gasteiger partial charge in [0.15, 0.2) is 5.82 Å². The van der Waals surface area contributed by atoms with E-state index in [9.17, 15) is 5.11 Å². The third-order valence-corrected chi connectivity index (χ3v) is 2.13. The molecule has 1 atom stereocenters. The molecule has 80 valence electrons. The SMILES string of the molecule is Cc1ccoc1C(O)Cc1nnn(C)n1. The molecule has 2 aromatic rings. The van der Waals surface area contributed by atoms with Gasteiger partial charge in [-0.15, -0.1) is 10.2 Å². The Kier molecular flexibility index (Phi) is 2.51. The molecule has 0 aliphatic heterocycles. The maximum Gasteiger partial charge on any atom is 0.177 e. The number of nitrogens with zero attached hydrogens (tertiary/aromatic N) is 4. The van der Waals surface area contributed by atoms with Gasteiger partial charge in [0.05, 0.1) is 13.3 Å². The standard InChI is InChI=1S/C9H12N4O2/c1-6-3-4-15-9(6)7(14)5-8-10-12-13(2)11-8/h3-4,7,14H,5H2,1-2H3. The third kappa shape index (κ3) is 2.04. The zero-order valence-electron chi connectivity index (χ0n) is 8.58. The number of tetrazole rings is 1. The second-order valence-corrected chi connectivity index (χ2v) is 3.38. The van der Waals surface area contributed by atoms with Gasteiger partial charge in [0.2, 0.25) is 0 Å². The van der Waals surface area contributed by atoms with Crippen LogP contribution in [0.4, 0.5) is 0 Å². The van der Waals surface area contributed by atoms with Crippen molar-refractivity contribution in [3.63, 3.8) is 0 Å². The molecule has 0 amide bonds. The van der Waals surface area contributed by atoms with Gasteiger partial charge in [-0.2, -0.15) is 4.80 Å². The predicted octanol–water partition coefficient (Wildman–Crippen LogP) is 0.388. The van der Waals surface area contributed by atoms with Crippen molar-refractivity contribution >= 4 is 0 Å². The van der Waals surface area contributed by atoms with Crippen molar-refractivity contribution in [2.24, 2.45) is 7.05 Å². The molecule has 6 heteroatoms. The van der Waals surface area contributed by atoms with Crippen molar-refractivity contribution < 1.29 is 9.52 Å². The first-order chi connectivity index (χ1) is 7.16. The van der Waals surface area contributed by atoms with Crippen LogP contribution in [0.25, 0.3) is 0 Å². The van der Waals surface area contributed by atoms with E-state index in [2.05, 4.69) is 15.4 Å². The van der Waals surface area contributed by atoms with E-state index in [4.69, 9.17) is 4.42 Å². The lowest BCUT2D eigenvalue weighted by Crippen LogP contribution is -2.04. The first kappa shape index (κ1) is 9.85. The van der Waals surface area contributed by atoms with Gasteiger partial charge in [-0.25, -0.2) is 0 Å². The van der Waals surface area contributed by atoms with Crippen molar-refractivity contribution in [1.29, 1.82) is 0 Å². The maximum absolute atomic E-state index is 9.84. The van der Waals surface area contributed by atoms with E-state index in [-0.39, 0.29) is 0 Å². The van der Waals surface area contributed by atoms with Gasteiger partial charge in [-0.1, -0.05) is 0 Å². The van der Waals surface area contributed by atoms with Gasteiger partial charge >= 0.3 is 0 Å². The third-order valence-electron chi connectivity index (χ3n) is 2.13. The van der Waals surface area contributed by atoms with Crippen LogP contribution in [0.2, 0.25) is 0 Å². The van der Waals surface area contributed by atoms with Gasteiger partial charge in [0, 0.05) is 6.42 Å². The zero-order chi connectivity index (χ0) is 10.8.